The zero-order chi connectivity index (χ0) is 38.0. The molecular formula is C39H43N3O11S. The van der Waals surface area contributed by atoms with Gasteiger partial charge < -0.3 is 49.1 Å². The normalized spacial score (nSPS) is 29.4. The third-order valence-corrected chi connectivity index (χ3v) is 13.7. The van der Waals surface area contributed by atoms with Gasteiger partial charge in [-0.25, -0.2) is 4.79 Å². The van der Waals surface area contributed by atoms with Crippen LogP contribution in [-0.4, -0.2) is 102 Å². The largest absolute Gasteiger partial charge is 0.504 e. The summed E-state index contributed by atoms with van der Waals surface area (Å²) in [6.45, 7) is 5.32. The summed E-state index contributed by atoms with van der Waals surface area (Å²) >= 11 is 1.48. The van der Waals surface area contributed by atoms with Crippen molar-refractivity contribution >= 4 is 23.7 Å². The minimum Gasteiger partial charge on any atom is -0.504 e. The lowest BCUT2D eigenvalue weighted by atomic mass is 9.74. The molecule has 3 aromatic carbocycles. The van der Waals surface area contributed by atoms with Crippen LogP contribution in [0, 0.1) is 13.8 Å². The van der Waals surface area contributed by atoms with E-state index in [2.05, 4.69) is 5.32 Å². The molecule has 286 valence electrons. The third-order valence-electron chi connectivity index (χ3n) is 12.3. The number of piperazine rings is 1. The topological polar surface area (TPSA) is 169 Å². The first-order chi connectivity index (χ1) is 25.9. The van der Waals surface area contributed by atoms with Crippen LogP contribution in [0.15, 0.2) is 18.2 Å². The number of rotatable bonds is 3. The van der Waals surface area contributed by atoms with Gasteiger partial charge >= 0.3 is 11.9 Å². The molecule has 7 aliphatic rings. The van der Waals surface area contributed by atoms with Gasteiger partial charge in [-0.2, -0.15) is 0 Å². The molecule has 0 aliphatic carbocycles. The van der Waals surface area contributed by atoms with E-state index in [9.17, 15) is 24.9 Å². The van der Waals surface area contributed by atoms with Gasteiger partial charge in [0.1, 0.15) is 18.6 Å². The Hall–Kier alpha value is -4.41. The van der Waals surface area contributed by atoms with Crippen LogP contribution in [0.5, 0.6) is 40.2 Å². The molecule has 7 heterocycles. The molecule has 3 aromatic rings. The Morgan fingerprint density at radius 2 is 1.80 bits per heavy atom. The van der Waals surface area contributed by atoms with Crippen molar-refractivity contribution in [3.8, 4) is 40.2 Å². The highest BCUT2D eigenvalue weighted by molar-refractivity contribution is 7.99. The van der Waals surface area contributed by atoms with Crippen molar-refractivity contribution in [2.75, 3.05) is 47.0 Å². The lowest BCUT2D eigenvalue weighted by Crippen LogP contribution is -2.69. The number of carbonyl (C=O) groups is 2. The van der Waals surface area contributed by atoms with Gasteiger partial charge in [0, 0.05) is 47.5 Å². The van der Waals surface area contributed by atoms with Gasteiger partial charge in [-0.3, -0.25) is 14.6 Å². The smallest absolute Gasteiger partial charge is 0.332 e. The van der Waals surface area contributed by atoms with E-state index in [0.717, 1.165) is 16.7 Å². The Morgan fingerprint density at radius 1 is 1.02 bits per heavy atom. The summed E-state index contributed by atoms with van der Waals surface area (Å²) in [5.41, 5.74) is 4.39. The number of thioether (sulfide) groups is 1. The SMILES string of the molecule is COc1cc2c(cc1O)CCN(C)[C@]21CS[C@@H]2c3c(OC(C)=O)c(C)c4c(c3[C@H](COC1=O)N1C2[C@H]2NC(Cc3cc(C)c(OC)c(O)c32)[C@@H]1O)OCO4. The summed E-state index contributed by atoms with van der Waals surface area (Å²) in [5.74, 6) is 0.986. The van der Waals surface area contributed by atoms with E-state index in [1.165, 1.54) is 32.9 Å². The fourth-order valence-electron chi connectivity index (χ4n) is 9.90. The standard InChI is InChI=1S/C39H43N3O11S/c1-16-9-20-10-22-37(46)42-23-13-50-38(47)39(21-12-25(48-5)24(44)11-19(21)7-8-41(39)4)14-54-36(30(42)29(40-22)26(20)31(45)32(16)49-6)28-27(23)35-34(51-15-52-35)17(2)33(28)53-18(3)43/h9,11-12,22-23,29-30,36-37,40,44-46H,7-8,10,13-15H2,1-6H3/t22?,23-,29-,30?,36+,37-,39+/m0/s1. The summed E-state index contributed by atoms with van der Waals surface area (Å²) in [5, 5.41) is 38.2. The lowest BCUT2D eigenvalue weighted by molar-refractivity contribution is -0.169. The molecule has 0 saturated carbocycles. The van der Waals surface area contributed by atoms with Gasteiger partial charge in [0.15, 0.2) is 40.0 Å². The molecule has 7 aliphatic heterocycles. The van der Waals surface area contributed by atoms with Crippen molar-refractivity contribution in [3.63, 3.8) is 0 Å². The van der Waals surface area contributed by atoms with Crippen molar-refractivity contribution in [2.24, 2.45) is 0 Å². The summed E-state index contributed by atoms with van der Waals surface area (Å²) in [6, 6.07) is 3.04. The second-order valence-corrected chi connectivity index (χ2v) is 16.1. The summed E-state index contributed by atoms with van der Waals surface area (Å²) in [6.07, 6.45) is -0.0425. The number of nitrogens with zero attached hydrogens (tertiary/aromatic N) is 2. The number of phenolic OH excluding ortho intramolecular Hbond substituents is 2. The first-order valence-corrected chi connectivity index (χ1v) is 19.1. The molecule has 7 atom stereocenters. The Balaban J connectivity index is 1.32. The molecule has 4 bridgehead atoms. The molecule has 4 N–H and O–H groups in total. The van der Waals surface area contributed by atoms with Gasteiger partial charge in [0.05, 0.1) is 37.6 Å². The van der Waals surface area contributed by atoms with E-state index in [1.807, 2.05) is 36.8 Å². The van der Waals surface area contributed by atoms with Crippen LogP contribution >= 0.6 is 11.8 Å². The predicted molar refractivity (Wildman–Crippen MR) is 195 cm³/mol. The van der Waals surface area contributed by atoms with Crippen LogP contribution < -0.4 is 29.0 Å². The van der Waals surface area contributed by atoms with Crippen molar-refractivity contribution in [3.05, 3.63) is 62.7 Å². The number of fused-ring (bicyclic) bond motifs is 9. The maximum absolute atomic E-state index is 14.9. The molecule has 0 radical (unpaired) electrons. The molecule has 15 heteroatoms. The van der Waals surface area contributed by atoms with Crippen LogP contribution in [0.2, 0.25) is 0 Å². The lowest BCUT2D eigenvalue weighted by Gasteiger charge is -2.59. The van der Waals surface area contributed by atoms with Crippen molar-refractivity contribution in [2.45, 2.75) is 74.8 Å². The minimum atomic E-state index is -1.31. The number of nitrogens with one attached hydrogen (secondary N) is 1. The number of carbonyl (C=O) groups excluding carboxylic acids is 2. The highest BCUT2D eigenvalue weighted by atomic mass is 32.2. The molecule has 0 aromatic heterocycles. The van der Waals surface area contributed by atoms with E-state index in [-0.39, 0.29) is 36.4 Å². The second kappa shape index (κ2) is 12.6. The molecule has 2 unspecified atom stereocenters. The predicted octanol–water partition coefficient (Wildman–Crippen LogP) is 3.41. The number of aryl methyl sites for hydroxylation is 1. The molecule has 2 saturated heterocycles. The Kier molecular flexibility index (Phi) is 8.21. The number of likely N-dealkylation sites (N-methyl/N-ethyl adjacent to an activating group) is 1. The monoisotopic (exact) mass is 761 g/mol. The van der Waals surface area contributed by atoms with E-state index in [1.54, 1.807) is 12.1 Å². The maximum atomic E-state index is 14.9. The highest BCUT2D eigenvalue weighted by Gasteiger charge is 2.60. The van der Waals surface area contributed by atoms with Gasteiger partial charge in [-0.1, -0.05) is 6.07 Å². The van der Waals surface area contributed by atoms with Gasteiger partial charge in [-0.15, -0.1) is 11.8 Å². The van der Waals surface area contributed by atoms with Gasteiger partial charge in [0.25, 0.3) is 0 Å². The molecule has 14 nitrogen and oxygen atoms in total. The van der Waals surface area contributed by atoms with E-state index >= 15 is 0 Å². The zero-order valence-electron chi connectivity index (χ0n) is 30.8. The number of esters is 2. The number of benzene rings is 3. The first-order valence-electron chi connectivity index (χ1n) is 18.1. The van der Waals surface area contributed by atoms with E-state index in [4.69, 9.17) is 28.4 Å². The number of aromatic hydroxyl groups is 2. The van der Waals surface area contributed by atoms with E-state index < -0.39 is 53.1 Å². The van der Waals surface area contributed by atoms with Crippen molar-refractivity contribution in [1.82, 2.24) is 15.1 Å². The highest BCUT2D eigenvalue weighted by Crippen LogP contribution is 2.63. The zero-order valence-corrected chi connectivity index (χ0v) is 31.7. The number of aliphatic hydroxyl groups is 1. The van der Waals surface area contributed by atoms with Crippen LogP contribution in [0.1, 0.15) is 68.8 Å². The molecule has 0 amide bonds. The number of hydrogen-bond acceptors (Lipinski definition) is 15. The Labute approximate surface area is 316 Å². The summed E-state index contributed by atoms with van der Waals surface area (Å²) in [7, 11) is 4.89. The number of hydrogen-bond donors (Lipinski definition) is 4. The van der Waals surface area contributed by atoms with Crippen molar-refractivity contribution < 1.29 is 53.3 Å². The molecule has 54 heavy (non-hydrogen) atoms. The molecule has 1 spiro atoms. The molecule has 10 rings (SSSR count). The fraction of sp³-hybridized carbons (Fsp3) is 0.487. The fourth-order valence-corrected chi connectivity index (χ4v) is 11.7. The Morgan fingerprint density at radius 3 is 2.54 bits per heavy atom. The number of ether oxygens (including phenoxy) is 6. The number of methoxy groups -OCH3 is 2. The van der Waals surface area contributed by atoms with Crippen LogP contribution in [-0.2, 0) is 32.7 Å². The number of aliphatic hydroxyl groups excluding tert-OH is 1. The van der Waals surface area contributed by atoms with Crippen LogP contribution in [0.3, 0.4) is 0 Å². The van der Waals surface area contributed by atoms with E-state index in [0.29, 0.717) is 70.2 Å². The summed E-state index contributed by atoms with van der Waals surface area (Å²) in [4.78, 5) is 31.7. The minimum absolute atomic E-state index is 0.0173. The molecule has 2 fully saturated rings. The van der Waals surface area contributed by atoms with Gasteiger partial charge in [-0.05, 0) is 68.1 Å². The van der Waals surface area contributed by atoms with Crippen molar-refractivity contribution in [1.29, 1.82) is 0 Å². The average molecular weight is 762 g/mol. The second-order valence-electron chi connectivity index (χ2n) is 15.0. The first kappa shape index (κ1) is 35.3. The van der Waals surface area contributed by atoms with Crippen LogP contribution in [0.4, 0.5) is 0 Å². The maximum Gasteiger partial charge on any atom is 0.332 e. The molecular weight excluding hydrogens is 719 g/mol. The quantitative estimate of drug-likeness (QED) is 0.226. The third kappa shape index (κ3) is 4.74. The Bertz CT molecular complexity index is 2130. The van der Waals surface area contributed by atoms with Crippen LogP contribution in [0.25, 0.3) is 0 Å². The van der Waals surface area contributed by atoms with Gasteiger partial charge in [0.2, 0.25) is 6.79 Å². The average Bonchev–Trinajstić information content (AvgIpc) is 3.64. The summed E-state index contributed by atoms with van der Waals surface area (Å²) < 4.78 is 36.0. The number of phenols is 2.